The van der Waals surface area contributed by atoms with E-state index in [0.717, 1.165) is 42.1 Å². The Morgan fingerprint density at radius 2 is 1.04 bits per heavy atom. The smallest absolute Gasteiger partial charge is 0.0894 e. The van der Waals surface area contributed by atoms with Crippen LogP contribution in [0.25, 0.3) is 33.2 Å². The first-order valence-electron chi connectivity index (χ1n) is 9.12. The van der Waals surface area contributed by atoms with Crippen LogP contribution in [0.5, 0.6) is 0 Å². The van der Waals surface area contributed by atoms with Crippen molar-refractivity contribution in [3.05, 3.63) is 72.8 Å². The van der Waals surface area contributed by atoms with Crippen molar-refractivity contribution in [3.63, 3.8) is 0 Å². The van der Waals surface area contributed by atoms with E-state index in [1.165, 1.54) is 0 Å². The van der Waals surface area contributed by atoms with E-state index >= 15 is 0 Å². The first-order valence-corrected chi connectivity index (χ1v) is 20.4. The molecule has 0 aliphatic heterocycles. The van der Waals surface area contributed by atoms with Crippen molar-refractivity contribution in [2.75, 3.05) is 0 Å². The van der Waals surface area contributed by atoms with Crippen LogP contribution in [0, 0.1) is 0 Å². The average molecular weight is 504 g/mol. The molecule has 2 aromatic carbocycles. The van der Waals surface area contributed by atoms with Crippen LogP contribution in [-0.4, -0.2) is 26.1 Å². The third-order valence-electron chi connectivity index (χ3n) is 4.49. The summed E-state index contributed by atoms with van der Waals surface area (Å²) in [4.78, 5) is 9.38. The van der Waals surface area contributed by atoms with E-state index in [1.54, 1.807) is 0 Å². The zero-order valence-corrected chi connectivity index (χ0v) is 19.9. The van der Waals surface area contributed by atoms with E-state index in [4.69, 9.17) is 17.8 Å². The molecule has 4 rings (SSSR count). The fourth-order valence-electron chi connectivity index (χ4n) is 2.67. The largest absolute Gasteiger partial charge is 0.246 e. The number of hydrogen-bond acceptors (Lipinski definition) is 2. The van der Waals surface area contributed by atoms with E-state index in [1.807, 2.05) is 48.5 Å². The molecule has 5 heteroatoms. The van der Waals surface area contributed by atoms with Crippen molar-refractivity contribution < 1.29 is 0 Å². The van der Waals surface area contributed by atoms with Crippen LogP contribution >= 0.6 is 17.8 Å². The molecule has 0 bridgehead atoms. The predicted molar refractivity (Wildman–Crippen MR) is 121 cm³/mol. The molecule has 4 aromatic rings. The molecule has 0 fully saturated rings. The van der Waals surface area contributed by atoms with Gasteiger partial charge in [0, 0.05) is 10.8 Å². The second kappa shape index (κ2) is 9.22. The number of halogens is 2. The molecule has 27 heavy (non-hydrogen) atoms. The summed E-state index contributed by atoms with van der Waals surface area (Å²) in [6, 6.07) is 24.5. The summed E-state index contributed by atoms with van der Waals surface area (Å²) in [5.41, 5.74) is 3.82. The maximum atomic E-state index is 5.88. The molecule has 2 aromatic heterocycles. The molecule has 0 N–H and O–H groups in total. The summed E-state index contributed by atoms with van der Waals surface area (Å²) in [5.74, 6) is 0. The van der Waals surface area contributed by atoms with Crippen molar-refractivity contribution in [2.45, 2.75) is 22.7 Å². The second-order valence-corrected chi connectivity index (χ2v) is 26.3. The number of pyridine rings is 2. The fourth-order valence-corrected chi connectivity index (χ4v) is 4.09. The van der Waals surface area contributed by atoms with Crippen molar-refractivity contribution in [1.29, 1.82) is 0 Å². The van der Waals surface area contributed by atoms with E-state index in [-0.39, 0.29) is 0 Å². The molecule has 0 amide bonds. The number of nitrogens with zero attached hydrogens (tertiary/aromatic N) is 2. The number of aromatic nitrogens is 2. The standard InChI is InChI=1S/C18H12N2.2C2H5.2ClH.Sn/c1-3-7-15-13(5-1)9-11-17(19-15)18-12-10-14-6-2-4-8-16(14)20-18;2*1-2;;;/h1-12H;2*1H2,2H3;2*1H;/q;;;;;+2/p-2. The Hall–Kier alpha value is -1.36. The Labute approximate surface area is 171 Å². The third-order valence-corrected chi connectivity index (χ3v) is 17.6. The molecule has 0 radical (unpaired) electrons. The Kier molecular flexibility index (Phi) is 6.96. The summed E-state index contributed by atoms with van der Waals surface area (Å²) < 4.78 is 2.07. The molecule has 2 heterocycles. The molecular formula is C22H22Cl2N2Sn. The van der Waals surface area contributed by atoms with Crippen molar-refractivity contribution in [3.8, 4) is 11.4 Å². The van der Waals surface area contributed by atoms with Crippen molar-refractivity contribution >= 4 is 55.8 Å². The predicted octanol–water partition coefficient (Wildman–Crippen LogP) is 7.40. The van der Waals surface area contributed by atoms with Gasteiger partial charge < -0.3 is 0 Å². The topological polar surface area (TPSA) is 25.8 Å². The maximum absolute atomic E-state index is 5.88. The Bertz CT molecular complexity index is 967. The van der Waals surface area contributed by atoms with Gasteiger partial charge in [0.2, 0.25) is 0 Å². The first kappa shape index (κ1) is 20.4. The summed E-state index contributed by atoms with van der Waals surface area (Å²) in [6.07, 6.45) is 0. The molecule has 2 nitrogen and oxygen atoms in total. The van der Waals surface area contributed by atoms with Gasteiger partial charge in [0.1, 0.15) is 0 Å². The Balaban J connectivity index is 0.000000260. The maximum Gasteiger partial charge on any atom is 0.0894 e. The van der Waals surface area contributed by atoms with E-state index in [2.05, 4.69) is 48.1 Å². The van der Waals surface area contributed by atoms with Gasteiger partial charge >= 0.3 is 56.7 Å². The van der Waals surface area contributed by atoms with Crippen molar-refractivity contribution in [2.24, 2.45) is 0 Å². The molecule has 0 unspecified atom stereocenters. The molecule has 0 aliphatic rings. The summed E-state index contributed by atoms with van der Waals surface area (Å²) >= 11 is -2.34. The number of fused-ring (bicyclic) bond motifs is 2. The van der Waals surface area contributed by atoms with E-state index in [9.17, 15) is 0 Å². The van der Waals surface area contributed by atoms with Crippen LogP contribution in [0.2, 0.25) is 8.87 Å². The second-order valence-electron chi connectivity index (χ2n) is 6.34. The van der Waals surface area contributed by atoms with Gasteiger partial charge in [-0.3, -0.25) is 0 Å². The molecule has 0 spiro atoms. The quantitative estimate of drug-likeness (QED) is 0.272. The fraction of sp³-hybridized carbons (Fsp3) is 0.182. The van der Waals surface area contributed by atoms with Crippen LogP contribution in [0.3, 0.4) is 0 Å². The van der Waals surface area contributed by atoms with E-state index < -0.39 is 16.1 Å². The van der Waals surface area contributed by atoms with Gasteiger partial charge in [-0.15, -0.1) is 0 Å². The SMILES string of the molecule is C[CH2][Sn]([Cl])([Cl])[CH2]C.c1ccc2nc(-c3ccc4ccccc4n3)ccc2c1. The van der Waals surface area contributed by atoms with Crippen LogP contribution in [0.1, 0.15) is 13.8 Å². The minimum absolute atomic E-state index is 0.912. The van der Waals surface area contributed by atoms with Gasteiger partial charge in [-0.1, -0.05) is 48.5 Å². The number of rotatable bonds is 3. The number of hydrogen-bond donors (Lipinski definition) is 0. The minimum atomic E-state index is -2.34. The van der Waals surface area contributed by atoms with Gasteiger partial charge in [0.05, 0.1) is 22.4 Å². The third kappa shape index (κ3) is 5.34. The molecule has 0 aliphatic carbocycles. The van der Waals surface area contributed by atoms with Crippen LogP contribution in [-0.2, 0) is 0 Å². The number of para-hydroxylation sites is 2. The minimum Gasteiger partial charge on any atom is -0.246 e. The van der Waals surface area contributed by atoms with Gasteiger partial charge in [-0.05, 0) is 24.3 Å². The van der Waals surface area contributed by atoms with Crippen LogP contribution < -0.4 is 0 Å². The Morgan fingerprint density at radius 1 is 0.630 bits per heavy atom. The molecule has 0 saturated heterocycles. The Morgan fingerprint density at radius 3 is 1.41 bits per heavy atom. The van der Waals surface area contributed by atoms with Crippen LogP contribution in [0.4, 0.5) is 0 Å². The average Bonchev–Trinajstić information content (AvgIpc) is 2.73. The van der Waals surface area contributed by atoms with Gasteiger partial charge in [-0.2, -0.15) is 0 Å². The monoisotopic (exact) mass is 504 g/mol. The number of benzene rings is 2. The summed E-state index contributed by atoms with van der Waals surface area (Å²) in [5, 5.41) is 2.30. The molecule has 138 valence electrons. The molecular weight excluding hydrogens is 482 g/mol. The molecule has 0 atom stereocenters. The normalized spacial score (nSPS) is 11.3. The van der Waals surface area contributed by atoms with Crippen LogP contribution in [0.15, 0.2) is 72.8 Å². The first-order chi connectivity index (χ1) is 13.0. The van der Waals surface area contributed by atoms with Gasteiger partial charge in [0.15, 0.2) is 0 Å². The van der Waals surface area contributed by atoms with Gasteiger partial charge in [-0.25, -0.2) is 9.97 Å². The van der Waals surface area contributed by atoms with Crippen molar-refractivity contribution in [1.82, 2.24) is 9.97 Å². The van der Waals surface area contributed by atoms with Gasteiger partial charge in [0.25, 0.3) is 0 Å². The summed E-state index contributed by atoms with van der Waals surface area (Å²) in [6.45, 7) is 4.14. The molecule has 0 saturated carbocycles. The zero-order chi connectivity index (χ0) is 19.3. The summed E-state index contributed by atoms with van der Waals surface area (Å²) in [7, 11) is 11.8. The van der Waals surface area contributed by atoms with E-state index in [0.29, 0.717) is 0 Å². The zero-order valence-electron chi connectivity index (χ0n) is 15.5.